The van der Waals surface area contributed by atoms with Gasteiger partial charge in [0.25, 0.3) is 0 Å². The van der Waals surface area contributed by atoms with Gasteiger partial charge in [-0.3, -0.25) is 4.79 Å². The molecule has 0 fully saturated rings. The maximum Gasteiger partial charge on any atom is 0.315 e. The minimum Gasteiger partial charge on any atom is -0.403 e. The van der Waals surface area contributed by atoms with Crippen molar-refractivity contribution in [1.82, 2.24) is 25.3 Å². The van der Waals surface area contributed by atoms with E-state index in [-0.39, 0.29) is 11.8 Å². The van der Waals surface area contributed by atoms with E-state index in [2.05, 4.69) is 53.0 Å². The zero-order chi connectivity index (χ0) is 27.6. The van der Waals surface area contributed by atoms with Gasteiger partial charge in [-0.1, -0.05) is 44.3 Å². The second-order valence-corrected chi connectivity index (χ2v) is 9.61. The maximum absolute atomic E-state index is 11.6. The van der Waals surface area contributed by atoms with Crippen molar-refractivity contribution < 1.29 is 13.6 Å². The Labute approximate surface area is 240 Å². The lowest BCUT2D eigenvalue weighted by molar-refractivity contribution is -0.128. The standard InChI is InChI=1S/C17H19ClN4O2.C10H10BrN3O/c1-2-19-17-21-20-16(24-17)14-5-3-12(4-6-14)13-7-9-22(10-8-13)15(23)11-18;1-2-12-10-14-13-9(15-10)7-3-5-8(11)6-4-7/h3-7H,2,8-11H2,1H3,(H,19,21);3-6H,2H2,1H3,(H,12,14). The SMILES string of the molecule is CCNc1nnc(-c2ccc(Br)cc2)o1.CCNc1nnc(-c2ccc(C3=CCN(C(=O)CCl)CC3)cc2)o1. The molecule has 1 aliphatic rings. The molecule has 0 bridgehead atoms. The summed E-state index contributed by atoms with van der Waals surface area (Å²) in [5, 5.41) is 21.7. The van der Waals surface area contributed by atoms with Crippen LogP contribution in [0.3, 0.4) is 0 Å². The summed E-state index contributed by atoms with van der Waals surface area (Å²) >= 11 is 8.97. The molecule has 0 radical (unpaired) electrons. The van der Waals surface area contributed by atoms with E-state index in [1.807, 2.05) is 62.4 Å². The summed E-state index contributed by atoms with van der Waals surface area (Å²) in [6, 6.07) is 16.6. The van der Waals surface area contributed by atoms with Gasteiger partial charge in [0.2, 0.25) is 17.7 Å². The highest BCUT2D eigenvalue weighted by Gasteiger charge is 2.17. The Morgan fingerprint density at radius 3 is 1.85 bits per heavy atom. The number of hydrogen-bond donors (Lipinski definition) is 2. The number of nitrogens with zero attached hydrogens (tertiary/aromatic N) is 5. The van der Waals surface area contributed by atoms with Gasteiger partial charge in [0, 0.05) is 41.8 Å². The number of alkyl halides is 1. The zero-order valence-electron chi connectivity index (χ0n) is 21.7. The van der Waals surface area contributed by atoms with E-state index in [0.29, 0.717) is 36.9 Å². The van der Waals surface area contributed by atoms with Crippen molar-refractivity contribution in [3.05, 3.63) is 64.6 Å². The van der Waals surface area contributed by atoms with Gasteiger partial charge in [-0.15, -0.1) is 21.8 Å². The van der Waals surface area contributed by atoms with Crippen LogP contribution in [0.4, 0.5) is 12.0 Å². The van der Waals surface area contributed by atoms with Crippen LogP contribution >= 0.6 is 27.5 Å². The summed E-state index contributed by atoms with van der Waals surface area (Å²) in [7, 11) is 0. The molecule has 4 aromatic rings. The summed E-state index contributed by atoms with van der Waals surface area (Å²) < 4.78 is 12.0. The molecule has 0 saturated heterocycles. The highest BCUT2D eigenvalue weighted by molar-refractivity contribution is 9.10. The van der Waals surface area contributed by atoms with Crippen molar-refractivity contribution in [2.45, 2.75) is 20.3 Å². The monoisotopic (exact) mass is 613 g/mol. The van der Waals surface area contributed by atoms with Crippen molar-refractivity contribution in [1.29, 1.82) is 0 Å². The molecule has 0 unspecified atom stereocenters. The van der Waals surface area contributed by atoms with Crippen LogP contribution in [0.2, 0.25) is 0 Å². The molecule has 10 nitrogen and oxygen atoms in total. The number of carbonyl (C=O) groups excluding carboxylic acids is 1. The predicted octanol–water partition coefficient (Wildman–Crippen LogP) is 5.95. The molecule has 0 saturated carbocycles. The highest BCUT2D eigenvalue weighted by Crippen LogP contribution is 2.26. The first-order valence-corrected chi connectivity index (χ1v) is 13.9. The molecule has 2 aromatic heterocycles. The molecule has 39 heavy (non-hydrogen) atoms. The Bertz CT molecular complexity index is 1390. The van der Waals surface area contributed by atoms with E-state index >= 15 is 0 Å². The first-order chi connectivity index (χ1) is 19.0. The van der Waals surface area contributed by atoms with Gasteiger partial charge in [-0.2, -0.15) is 0 Å². The minimum atomic E-state index is -0.0183. The number of hydrogen-bond acceptors (Lipinski definition) is 9. The van der Waals surface area contributed by atoms with Crippen LogP contribution in [0.1, 0.15) is 25.8 Å². The fraction of sp³-hybridized carbons (Fsp3) is 0.296. The van der Waals surface area contributed by atoms with E-state index in [4.69, 9.17) is 20.4 Å². The van der Waals surface area contributed by atoms with Crippen LogP contribution in [0.5, 0.6) is 0 Å². The third kappa shape index (κ3) is 7.67. The molecule has 5 rings (SSSR count). The van der Waals surface area contributed by atoms with Crippen molar-refractivity contribution in [3.8, 4) is 22.9 Å². The minimum absolute atomic E-state index is 0.0183. The molecule has 12 heteroatoms. The summed E-state index contributed by atoms with van der Waals surface area (Å²) in [6.45, 7) is 6.76. The summed E-state index contributed by atoms with van der Waals surface area (Å²) in [4.78, 5) is 13.4. The van der Waals surface area contributed by atoms with Crippen molar-refractivity contribution in [2.75, 3.05) is 42.7 Å². The van der Waals surface area contributed by atoms with Gasteiger partial charge in [0.15, 0.2) is 0 Å². The van der Waals surface area contributed by atoms with Crippen LogP contribution < -0.4 is 10.6 Å². The average Bonchev–Trinajstić information content (AvgIpc) is 3.64. The molecule has 2 aromatic carbocycles. The zero-order valence-corrected chi connectivity index (χ0v) is 24.0. The molecular formula is C27H29BrClN7O3. The highest BCUT2D eigenvalue weighted by atomic mass is 79.9. The Hall–Kier alpha value is -3.70. The molecule has 3 heterocycles. The second kappa shape index (κ2) is 13.9. The number of anilines is 2. The Morgan fingerprint density at radius 2 is 1.38 bits per heavy atom. The Kier molecular flexibility index (Phi) is 10.1. The van der Waals surface area contributed by atoms with Crippen LogP contribution in [-0.2, 0) is 4.79 Å². The lowest BCUT2D eigenvalue weighted by atomic mass is 9.98. The van der Waals surface area contributed by atoms with Gasteiger partial charge in [-0.05, 0) is 67.8 Å². The van der Waals surface area contributed by atoms with Crippen LogP contribution in [0, 0.1) is 0 Å². The largest absolute Gasteiger partial charge is 0.403 e. The van der Waals surface area contributed by atoms with E-state index in [9.17, 15) is 4.79 Å². The Balaban J connectivity index is 0.000000202. The van der Waals surface area contributed by atoms with Crippen molar-refractivity contribution >= 4 is 51.0 Å². The first-order valence-electron chi connectivity index (χ1n) is 12.5. The predicted molar refractivity (Wildman–Crippen MR) is 155 cm³/mol. The third-order valence-corrected chi connectivity index (χ3v) is 6.53. The lowest BCUT2D eigenvalue weighted by Crippen LogP contribution is -2.35. The number of amides is 1. The third-order valence-electron chi connectivity index (χ3n) is 5.78. The van der Waals surface area contributed by atoms with E-state index in [1.54, 1.807) is 4.90 Å². The number of carbonyl (C=O) groups is 1. The molecule has 1 amide bonds. The van der Waals surface area contributed by atoms with Gasteiger partial charge >= 0.3 is 12.0 Å². The fourth-order valence-electron chi connectivity index (χ4n) is 3.79. The Morgan fingerprint density at radius 1 is 0.872 bits per heavy atom. The van der Waals surface area contributed by atoms with Crippen molar-refractivity contribution in [3.63, 3.8) is 0 Å². The van der Waals surface area contributed by atoms with Crippen LogP contribution in [-0.4, -0.2) is 63.3 Å². The quantitative estimate of drug-likeness (QED) is 0.232. The summed E-state index contributed by atoms with van der Waals surface area (Å²) in [5.41, 5.74) is 4.17. The normalized spacial score (nSPS) is 12.8. The van der Waals surface area contributed by atoms with Gasteiger partial charge in [0.05, 0.1) is 0 Å². The molecule has 204 valence electrons. The van der Waals surface area contributed by atoms with Crippen LogP contribution in [0.25, 0.3) is 28.5 Å². The fourth-order valence-corrected chi connectivity index (χ4v) is 4.22. The first kappa shape index (κ1) is 28.3. The van der Waals surface area contributed by atoms with Gasteiger partial charge < -0.3 is 24.4 Å². The van der Waals surface area contributed by atoms with Crippen molar-refractivity contribution in [2.24, 2.45) is 0 Å². The number of benzene rings is 2. The smallest absolute Gasteiger partial charge is 0.315 e. The summed E-state index contributed by atoms with van der Waals surface area (Å²) in [6.07, 6.45) is 2.91. The molecule has 0 atom stereocenters. The van der Waals surface area contributed by atoms with E-state index < -0.39 is 0 Å². The number of nitrogens with one attached hydrogen (secondary N) is 2. The second-order valence-electron chi connectivity index (χ2n) is 8.42. The lowest BCUT2D eigenvalue weighted by Gasteiger charge is -2.26. The van der Waals surface area contributed by atoms with E-state index in [0.717, 1.165) is 40.7 Å². The molecule has 0 spiro atoms. The molecule has 2 N–H and O–H groups in total. The molecule has 1 aliphatic heterocycles. The number of aromatic nitrogens is 4. The van der Waals surface area contributed by atoms with E-state index in [1.165, 1.54) is 5.57 Å². The maximum atomic E-state index is 11.6. The number of halogens is 2. The number of rotatable bonds is 8. The van der Waals surface area contributed by atoms with Crippen LogP contribution in [0.15, 0.2) is 67.9 Å². The van der Waals surface area contributed by atoms with Gasteiger partial charge in [0.1, 0.15) is 5.88 Å². The van der Waals surface area contributed by atoms with Gasteiger partial charge in [-0.25, -0.2) is 0 Å². The topological polar surface area (TPSA) is 122 Å². The molecular weight excluding hydrogens is 586 g/mol. The summed E-state index contributed by atoms with van der Waals surface area (Å²) in [5.74, 6) is 1.04. The molecule has 0 aliphatic carbocycles. The average molecular weight is 615 g/mol.